The molecule has 4 nitrogen and oxygen atoms in total. The van der Waals surface area contributed by atoms with E-state index in [2.05, 4.69) is 13.8 Å². The monoisotopic (exact) mass is 310 g/mol. The van der Waals surface area contributed by atoms with Crippen molar-refractivity contribution in [1.29, 1.82) is 0 Å². The molecule has 0 aromatic heterocycles. The Morgan fingerprint density at radius 1 is 1.23 bits per heavy atom. The largest absolute Gasteiger partial charge is 0.459 e. The number of carbonyl (C=O) groups is 2. The minimum Gasteiger partial charge on any atom is -0.459 e. The maximum absolute atomic E-state index is 12.9. The van der Waals surface area contributed by atoms with Crippen LogP contribution in [0, 0.1) is 16.7 Å². The van der Waals surface area contributed by atoms with Gasteiger partial charge in [-0.25, -0.2) is 4.79 Å². The predicted octanol–water partition coefficient (Wildman–Crippen LogP) is 3.87. The summed E-state index contributed by atoms with van der Waals surface area (Å²) in [6, 6.07) is 0. The SMILES string of the molecule is CCC(C)CC(CC)OC(=O)C12CCC(C)(C(=O)O1)C2(C)C. The summed E-state index contributed by atoms with van der Waals surface area (Å²) in [5.74, 6) is -0.0823. The number of rotatable bonds is 6. The number of esters is 2. The minimum atomic E-state index is -1.10. The van der Waals surface area contributed by atoms with Crippen LogP contribution < -0.4 is 0 Å². The molecule has 126 valence electrons. The molecule has 2 bridgehead atoms. The Bertz CT molecular complexity index is 470. The number of hydrogen-bond acceptors (Lipinski definition) is 4. The van der Waals surface area contributed by atoms with Crippen molar-refractivity contribution in [3.05, 3.63) is 0 Å². The van der Waals surface area contributed by atoms with Crippen molar-refractivity contribution >= 4 is 11.9 Å². The number of ether oxygens (including phenoxy) is 2. The summed E-state index contributed by atoms with van der Waals surface area (Å²) in [7, 11) is 0. The average molecular weight is 310 g/mol. The Morgan fingerprint density at radius 3 is 2.27 bits per heavy atom. The number of fused-ring (bicyclic) bond motifs is 2. The molecule has 1 saturated heterocycles. The molecule has 4 heteroatoms. The molecule has 1 aliphatic heterocycles. The fourth-order valence-electron chi connectivity index (χ4n) is 3.86. The quantitative estimate of drug-likeness (QED) is 0.699. The summed E-state index contributed by atoms with van der Waals surface area (Å²) in [6.07, 6.45) is 3.88. The Kier molecular flexibility index (Phi) is 4.35. The van der Waals surface area contributed by atoms with Crippen LogP contribution in [0.5, 0.6) is 0 Å². The van der Waals surface area contributed by atoms with Gasteiger partial charge in [0.25, 0.3) is 0 Å². The van der Waals surface area contributed by atoms with Gasteiger partial charge in [0.15, 0.2) is 0 Å². The van der Waals surface area contributed by atoms with Crippen molar-refractivity contribution in [1.82, 2.24) is 0 Å². The van der Waals surface area contributed by atoms with Gasteiger partial charge in [0.05, 0.1) is 5.41 Å². The summed E-state index contributed by atoms with van der Waals surface area (Å²) in [4.78, 5) is 25.1. The summed E-state index contributed by atoms with van der Waals surface area (Å²) in [5.41, 5.74) is -2.20. The second-order valence-electron chi connectivity index (χ2n) is 7.86. The zero-order chi connectivity index (χ0) is 16.8. The first-order valence-electron chi connectivity index (χ1n) is 8.59. The van der Waals surface area contributed by atoms with E-state index in [4.69, 9.17) is 9.47 Å². The molecular weight excluding hydrogens is 280 g/mol. The van der Waals surface area contributed by atoms with E-state index in [9.17, 15) is 9.59 Å². The third-order valence-electron chi connectivity index (χ3n) is 6.50. The Labute approximate surface area is 133 Å². The first-order valence-corrected chi connectivity index (χ1v) is 8.59. The fourth-order valence-corrected chi connectivity index (χ4v) is 3.86. The Balaban J connectivity index is 2.17. The third-order valence-corrected chi connectivity index (χ3v) is 6.50. The standard InChI is InChI=1S/C18H30O4/c1-7-12(3)11-13(8-2)21-15(20)18-10-9-17(6,14(19)22-18)16(18,4)5/h12-13H,7-11H2,1-6H3. The van der Waals surface area contributed by atoms with Crippen LogP contribution in [-0.2, 0) is 19.1 Å². The van der Waals surface area contributed by atoms with Crippen LogP contribution in [0.1, 0.15) is 73.6 Å². The molecule has 0 spiro atoms. The van der Waals surface area contributed by atoms with E-state index < -0.39 is 16.4 Å². The Morgan fingerprint density at radius 2 is 1.86 bits per heavy atom. The second kappa shape index (κ2) is 5.54. The number of hydrogen-bond donors (Lipinski definition) is 0. The molecule has 0 aromatic carbocycles. The molecule has 2 rings (SSSR count). The van der Waals surface area contributed by atoms with Crippen LogP contribution >= 0.6 is 0 Å². The molecule has 1 heterocycles. The predicted molar refractivity (Wildman–Crippen MR) is 84.2 cm³/mol. The van der Waals surface area contributed by atoms with Crippen LogP contribution in [0.15, 0.2) is 0 Å². The van der Waals surface area contributed by atoms with E-state index in [0.29, 0.717) is 18.8 Å². The minimum absolute atomic E-state index is 0.0983. The highest BCUT2D eigenvalue weighted by Crippen LogP contribution is 2.65. The Hall–Kier alpha value is -1.06. The zero-order valence-corrected chi connectivity index (χ0v) is 14.8. The molecule has 0 radical (unpaired) electrons. The van der Waals surface area contributed by atoms with Crippen LogP contribution in [0.2, 0.25) is 0 Å². The highest BCUT2D eigenvalue weighted by atomic mass is 16.6. The molecule has 2 fully saturated rings. The lowest BCUT2D eigenvalue weighted by molar-refractivity contribution is -0.187. The second-order valence-corrected chi connectivity index (χ2v) is 7.86. The van der Waals surface area contributed by atoms with E-state index in [1.54, 1.807) is 0 Å². The van der Waals surface area contributed by atoms with Crippen molar-refractivity contribution in [2.75, 3.05) is 0 Å². The highest BCUT2D eigenvalue weighted by molar-refractivity contribution is 5.93. The molecular formula is C18H30O4. The third kappa shape index (κ3) is 2.17. The van der Waals surface area contributed by atoms with Crippen molar-refractivity contribution in [3.8, 4) is 0 Å². The van der Waals surface area contributed by atoms with Gasteiger partial charge in [-0.1, -0.05) is 41.0 Å². The molecule has 0 aromatic rings. The van der Waals surface area contributed by atoms with Gasteiger partial charge in [0.1, 0.15) is 6.10 Å². The van der Waals surface area contributed by atoms with E-state index >= 15 is 0 Å². The van der Waals surface area contributed by atoms with Gasteiger partial charge in [-0.2, -0.15) is 0 Å². The van der Waals surface area contributed by atoms with Gasteiger partial charge >= 0.3 is 11.9 Å². The normalized spacial score (nSPS) is 35.1. The van der Waals surface area contributed by atoms with Crippen LogP contribution in [-0.4, -0.2) is 23.6 Å². The summed E-state index contributed by atoms with van der Waals surface area (Å²) in [6.45, 7) is 12.2. The van der Waals surface area contributed by atoms with Gasteiger partial charge in [-0.05, 0) is 38.5 Å². The van der Waals surface area contributed by atoms with Crippen molar-refractivity contribution in [2.45, 2.75) is 85.4 Å². The average Bonchev–Trinajstić information content (AvgIpc) is 2.76. The van der Waals surface area contributed by atoms with Crippen LogP contribution in [0.4, 0.5) is 0 Å². The van der Waals surface area contributed by atoms with Crippen molar-refractivity contribution < 1.29 is 19.1 Å². The van der Waals surface area contributed by atoms with Gasteiger partial charge < -0.3 is 9.47 Å². The van der Waals surface area contributed by atoms with E-state index in [1.807, 2.05) is 27.7 Å². The van der Waals surface area contributed by atoms with Crippen molar-refractivity contribution in [3.63, 3.8) is 0 Å². The first-order chi connectivity index (χ1) is 10.1. The maximum Gasteiger partial charge on any atom is 0.351 e. The topological polar surface area (TPSA) is 52.6 Å². The lowest BCUT2D eigenvalue weighted by Crippen LogP contribution is -2.49. The van der Waals surface area contributed by atoms with Gasteiger partial charge in [-0.3, -0.25) is 4.79 Å². The molecule has 1 saturated carbocycles. The summed E-state index contributed by atoms with van der Waals surface area (Å²) in [5, 5.41) is 0. The first kappa shape index (κ1) is 17.3. The van der Waals surface area contributed by atoms with Crippen molar-refractivity contribution in [2.24, 2.45) is 16.7 Å². The van der Waals surface area contributed by atoms with Gasteiger partial charge in [0, 0.05) is 5.41 Å². The molecule has 2 aliphatic rings. The van der Waals surface area contributed by atoms with E-state index in [1.165, 1.54) is 0 Å². The van der Waals surface area contributed by atoms with Crippen LogP contribution in [0.25, 0.3) is 0 Å². The highest BCUT2D eigenvalue weighted by Gasteiger charge is 2.76. The molecule has 1 aliphatic carbocycles. The summed E-state index contributed by atoms with van der Waals surface area (Å²) < 4.78 is 11.4. The summed E-state index contributed by atoms with van der Waals surface area (Å²) >= 11 is 0. The van der Waals surface area contributed by atoms with E-state index in [-0.39, 0.29) is 18.0 Å². The maximum atomic E-state index is 12.9. The molecule has 22 heavy (non-hydrogen) atoms. The lowest BCUT2D eigenvalue weighted by Gasteiger charge is -2.35. The fraction of sp³-hybridized carbons (Fsp3) is 0.889. The smallest absolute Gasteiger partial charge is 0.351 e. The van der Waals surface area contributed by atoms with Crippen LogP contribution in [0.3, 0.4) is 0 Å². The zero-order valence-electron chi connectivity index (χ0n) is 14.8. The molecule has 0 N–H and O–H groups in total. The lowest BCUT2D eigenvalue weighted by atomic mass is 9.66. The van der Waals surface area contributed by atoms with Gasteiger partial charge in [-0.15, -0.1) is 0 Å². The number of carbonyl (C=O) groups excluding carboxylic acids is 2. The molecule has 4 atom stereocenters. The van der Waals surface area contributed by atoms with E-state index in [0.717, 1.165) is 19.3 Å². The molecule has 0 amide bonds. The van der Waals surface area contributed by atoms with Gasteiger partial charge in [0.2, 0.25) is 5.60 Å². The molecule has 4 unspecified atom stereocenters.